The molecule has 0 saturated heterocycles. The molecule has 3 aromatic rings. The van der Waals surface area contributed by atoms with Crippen LogP contribution < -0.4 is 5.32 Å². The predicted molar refractivity (Wildman–Crippen MR) is 99.9 cm³/mol. The molecule has 0 unspecified atom stereocenters. The molecule has 0 atom stereocenters. The molecule has 0 saturated carbocycles. The summed E-state index contributed by atoms with van der Waals surface area (Å²) in [6.45, 7) is 3.73. The van der Waals surface area contributed by atoms with Crippen LogP contribution in [0.3, 0.4) is 0 Å². The molecule has 0 spiro atoms. The SMILES string of the molecule is Cc1ccc(C(=O)O)cc1Cc1cnc(NC(=O)c2ccncc2C)cn1. The zero-order chi connectivity index (χ0) is 19.4. The van der Waals surface area contributed by atoms with Crippen LogP contribution in [0.2, 0.25) is 0 Å². The topological polar surface area (TPSA) is 105 Å². The second kappa shape index (κ2) is 7.74. The highest BCUT2D eigenvalue weighted by atomic mass is 16.4. The van der Waals surface area contributed by atoms with Crippen molar-refractivity contribution in [1.29, 1.82) is 0 Å². The summed E-state index contributed by atoms with van der Waals surface area (Å²) in [5.41, 5.74) is 4.06. The average Bonchev–Trinajstić information content (AvgIpc) is 2.65. The van der Waals surface area contributed by atoms with Crippen LogP contribution in [0.15, 0.2) is 49.1 Å². The smallest absolute Gasteiger partial charge is 0.335 e. The van der Waals surface area contributed by atoms with E-state index >= 15 is 0 Å². The number of aromatic carboxylic acids is 1. The molecular formula is C20H18N4O3. The van der Waals surface area contributed by atoms with E-state index < -0.39 is 5.97 Å². The Morgan fingerprint density at radius 3 is 2.52 bits per heavy atom. The van der Waals surface area contributed by atoms with E-state index in [0.29, 0.717) is 23.5 Å². The monoisotopic (exact) mass is 362 g/mol. The number of aromatic nitrogens is 3. The predicted octanol–water partition coefficient (Wildman–Crippen LogP) is 3.03. The maximum absolute atomic E-state index is 12.3. The van der Waals surface area contributed by atoms with Crippen molar-refractivity contribution in [2.45, 2.75) is 20.3 Å². The zero-order valence-electron chi connectivity index (χ0n) is 14.9. The van der Waals surface area contributed by atoms with Gasteiger partial charge in [-0.25, -0.2) is 9.78 Å². The van der Waals surface area contributed by atoms with Crippen molar-refractivity contribution in [3.8, 4) is 0 Å². The van der Waals surface area contributed by atoms with Gasteiger partial charge >= 0.3 is 5.97 Å². The van der Waals surface area contributed by atoms with Gasteiger partial charge in [0.05, 0.1) is 23.7 Å². The standard InChI is InChI=1S/C20H18N4O3/c1-12-3-4-14(20(26)27)7-15(12)8-16-10-23-18(11-22-16)24-19(25)17-5-6-21-9-13(17)2/h3-7,9-11H,8H2,1-2H3,(H,26,27)(H,23,24,25). The fourth-order valence-electron chi connectivity index (χ4n) is 2.61. The molecule has 0 aliphatic heterocycles. The number of nitrogens with one attached hydrogen (secondary N) is 1. The second-order valence-electron chi connectivity index (χ2n) is 6.16. The van der Waals surface area contributed by atoms with Crippen molar-refractivity contribution in [3.05, 3.63) is 82.6 Å². The Kier molecular flexibility index (Phi) is 5.21. The van der Waals surface area contributed by atoms with Gasteiger partial charge in [0.25, 0.3) is 5.91 Å². The Balaban J connectivity index is 1.73. The number of carboxylic acids is 1. The molecule has 0 aliphatic rings. The van der Waals surface area contributed by atoms with E-state index in [9.17, 15) is 9.59 Å². The fraction of sp³-hybridized carbons (Fsp3) is 0.150. The minimum Gasteiger partial charge on any atom is -0.478 e. The van der Waals surface area contributed by atoms with Crippen LogP contribution in [0, 0.1) is 13.8 Å². The Labute approximate surface area is 156 Å². The number of carbonyl (C=O) groups is 2. The molecule has 0 radical (unpaired) electrons. The molecule has 0 fully saturated rings. The van der Waals surface area contributed by atoms with Crippen LogP contribution in [0.4, 0.5) is 5.82 Å². The van der Waals surface area contributed by atoms with E-state index in [4.69, 9.17) is 5.11 Å². The average molecular weight is 362 g/mol. The number of nitrogens with zero attached hydrogens (tertiary/aromatic N) is 3. The van der Waals surface area contributed by atoms with Gasteiger partial charge in [0.2, 0.25) is 0 Å². The van der Waals surface area contributed by atoms with Gasteiger partial charge in [0, 0.05) is 24.4 Å². The van der Waals surface area contributed by atoms with Crippen LogP contribution in [0.1, 0.15) is 43.1 Å². The summed E-state index contributed by atoms with van der Waals surface area (Å²) in [7, 11) is 0. The number of carbonyl (C=O) groups excluding carboxylic acids is 1. The summed E-state index contributed by atoms with van der Waals surface area (Å²) in [5, 5.41) is 11.8. The summed E-state index contributed by atoms with van der Waals surface area (Å²) in [4.78, 5) is 35.9. The van der Waals surface area contributed by atoms with Crippen molar-refractivity contribution in [1.82, 2.24) is 15.0 Å². The van der Waals surface area contributed by atoms with Crippen molar-refractivity contribution >= 4 is 17.7 Å². The van der Waals surface area contributed by atoms with E-state index in [1.165, 1.54) is 6.20 Å². The first kappa shape index (κ1) is 18.2. The Morgan fingerprint density at radius 1 is 1.04 bits per heavy atom. The molecule has 0 aliphatic carbocycles. The first-order chi connectivity index (χ1) is 12.9. The van der Waals surface area contributed by atoms with Gasteiger partial charge in [-0.2, -0.15) is 0 Å². The maximum atomic E-state index is 12.3. The van der Waals surface area contributed by atoms with Crippen LogP contribution in [0.5, 0.6) is 0 Å². The normalized spacial score (nSPS) is 10.4. The molecule has 7 nitrogen and oxygen atoms in total. The van der Waals surface area contributed by atoms with Gasteiger partial charge in [-0.15, -0.1) is 0 Å². The molecule has 1 amide bonds. The van der Waals surface area contributed by atoms with Gasteiger partial charge in [-0.05, 0) is 48.7 Å². The molecule has 3 rings (SSSR count). The minimum absolute atomic E-state index is 0.236. The van der Waals surface area contributed by atoms with E-state index in [2.05, 4.69) is 20.3 Å². The highest BCUT2D eigenvalue weighted by Crippen LogP contribution is 2.16. The molecule has 0 bridgehead atoms. The van der Waals surface area contributed by atoms with Crippen LogP contribution in [0.25, 0.3) is 0 Å². The second-order valence-corrected chi connectivity index (χ2v) is 6.16. The van der Waals surface area contributed by atoms with Gasteiger partial charge in [-0.3, -0.25) is 14.8 Å². The molecule has 2 aromatic heterocycles. The summed E-state index contributed by atoms with van der Waals surface area (Å²) >= 11 is 0. The van der Waals surface area contributed by atoms with Crippen molar-refractivity contribution in [2.24, 2.45) is 0 Å². The maximum Gasteiger partial charge on any atom is 0.335 e. The quantitative estimate of drug-likeness (QED) is 0.723. The third-order valence-corrected chi connectivity index (χ3v) is 4.18. The lowest BCUT2D eigenvalue weighted by molar-refractivity contribution is 0.0696. The lowest BCUT2D eigenvalue weighted by Crippen LogP contribution is -2.15. The lowest BCUT2D eigenvalue weighted by atomic mass is 10.0. The minimum atomic E-state index is -0.966. The molecule has 1 aromatic carbocycles. The molecule has 136 valence electrons. The number of aryl methyl sites for hydroxylation is 2. The highest BCUT2D eigenvalue weighted by Gasteiger charge is 2.11. The largest absolute Gasteiger partial charge is 0.478 e. The number of anilines is 1. The molecule has 2 N–H and O–H groups in total. The molecule has 7 heteroatoms. The van der Waals surface area contributed by atoms with Crippen molar-refractivity contribution in [3.63, 3.8) is 0 Å². The number of amides is 1. The van der Waals surface area contributed by atoms with Crippen molar-refractivity contribution < 1.29 is 14.7 Å². The summed E-state index contributed by atoms with van der Waals surface area (Å²) in [6.07, 6.45) is 6.70. The fourth-order valence-corrected chi connectivity index (χ4v) is 2.61. The summed E-state index contributed by atoms with van der Waals surface area (Å²) in [6, 6.07) is 6.64. The first-order valence-electron chi connectivity index (χ1n) is 8.30. The third-order valence-electron chi connectivity index (χ3n) is 4.18. The zero-order valence-corrected chi connectivity index (χ0v) is 14.9. The molecule has 2 heterocycles. The number of pyridine rings is 1. The number of benzene rings is 1. The van der Waals surface area contributed by atoms with Crippen LogP contribution in [-0.2, 0) is 6.42 Å². The van der Waals surface area contributed by atoms with Crippen LogP contribution >= 0.6 is 0 Å². The van der Waals surface area contributed by atoms with Gasteiger partial charge in [0.1, 0.15) is 0 Å². The van der Waals surface area contributed by atoms with Crippen LogP contribution in [-0.4, -0.2) is 31.9 Å². The van der Waals surface area contributed by atoms with Gasteiger partial charge < -0.3 is 10.4 Å². The van der Waals surface area contributed by atoms with E-state index in [1.807, 2.05) is 13.8 Å². The Morgan fingerprint density at radius 2 is 1.85 bits per heavy atom. The highest BCUT2D eigenvalue weighted by molar-refractivity contribution is 6.04. The number of hydrogen-bond acceptors (Lipinski definition) is 5. The first-order valence-corrected chi connectivity index (χ1v) is 8.30. The lowest BCUT2D eigenvalue weighted by Gasteiger charge is -2.08. The van der Waals surface area contributed by atoms with E-state index in [-0.39, 0.29) is 11.5 Å². The number of rotatable bonds is 5. The summed E-state index contributed by atoms with van der Waals surface area (Å²) in [5.74, 6) is -0.898. The number of carboxylic acid groups (broad SMARTS) is 1. The Bertz CT molecular complexity index is 1000. The Hall–Kier alpha value is -3.61. The summed E-state index contributed by atoms with van der Waals surface area (Å²) < 4.78 is 0. The number of hydrogen-bond donors (Lipinski definition) is 2. The molecule has 27 heavy (non-hydrogen) atoms. The van der Waals surface area contributed by atoms with Crippen molar-refractivity contribution in [2.75, 3.05) is 5.32 Å². The molecular weight excluding hydrogens is 344 g/mol. The van der Waals surface area contributed by atoms with E-state index in [1.54, 1.807) is 42.9 Å². The van der Waals surface area contributed by atoms with Gasteiger partial charge in [0.15, 0.2) is 5.82 Å². The third kappa shape index (κ3) is 4.33. The van der Waals surface area contributed by atoms with Gasteiger partial charge in [-0.1, -0.05) is 6.07 Å². The van der Waals surface area contributed by atoms with E-state index in [0.717, 1.165) is 16.7 Å².